The molecule has 0 aromatic heterocycles. The molecule has 92 valence electrons. The van der Waals surface area contributed by atoms with Gasteiger partial charge in [0.1, 0.15) is 0 Å². The third-order valence-electron chi connectivity index (χ3n) is 2.85. The lowest BCUT2D eigenvalue weighted by Crippen LogP contribution is -2.34. The van der Waals surface area contributed by atoms with Crippen LogP contribution >= 0.6 is 0 Å². The second kappa shape index (κ2) is 5.51. The molecule has 16 heavy (non-hydrogen) atoms. The Hall–Kier alpha value is -0.800. The van der Waals surface area contributed by atoms with E-state index >= 15 is 0 Å². The van der Waals surface area contributed by atoms with Gasteiger partial charge in [-0.15, -0.1) is 0 Å². The zero-order valence-electron chi connectivity index (χ0n) is 8.80. The fourth-order valence-electron chi connectivity index (χ4n) is 1.90. The molecule has 3 nitrogen and oxygen atoms in total. The minimum atomic E-state index is -4.46. The number of alkyl halides is 3. The van der Waals surface area contributed by atoms with Gasteiger partial charge in [-0.25, -0.2) is 0 Å². The van der Waals surface area contributed by atoms with Gasteiger partial charge < -0.3 is 10.4 Å². The van der Waals surface area contributed by atoms with Crippen molar-refractivity contribution in [2.75, 3.05) is 13.1 Å². The normalized spacial score (nSPS) is 27.7. The first-order valence-electron chi connectivity index (χ1n) is 5.28. The molecule has 1 saturated carbocycles. The zero-order chi connectivity index (χ0) is 12.2. The summed E-state index contributed by atoms with van der Waals surface area (Å²) in [6, 6.07) is 1.24. The molecule has 1 fully saturated rings. The van der Waals surface area contributed by atoms with E-state index in [1.165, 1.54) is 6.07 Å². The van der Waals surface area contributed by atoms with E-state index in [1.807, 2.05) is 0 Å². The predicted octanol–water partition coefficient (Wildman–Crippen LogP) is 1.44. The SMILES string of the molecule is N#CC(CNCC1CCC(O)C1)C(F)(F)F. The highest BCUT2D eigenvalue weighted by Crippen LogP contribution is 2.26. The number of nitriles is 1. The monoisotopic (exact) mass is 236 g/mol. The second-order valence-corrected chi connectivity index (χ2v) is 4.21. The van der Waals surface area contributed by atoms with Crippen LogP contribution in [0.4, 0.5) is 13.2 Å². The van der Waals surface area contributed by atoms with Crippen molar-refractivity contribution in [1.82, 2.24) is 5.32 Å². The van der Waals surface area contributed by atoms with Crippen LogP contribution in [0.1, 0.15) is 19.3 Å². The first-order chi connectivity index (χ1) is 7.43. The third-order valence-corrected chi connectivity index (χ3v) is 2.85. The van der Waals surface area contributed by atoms with Gasteiger partial charge >= 0.3 is 6.18 Å². The fraction of sp³-hybridized carbons (Fsp3) is 0.900. The molecule has 0 aliphatic heterocycles. The first-order valence-corrected chi connectivity index (χ1v) is 5.28. The van der Waals surface area contributed by atoms with Gasteiger partial charge in [-0.3, -0.25) is 0 Å². The van der Waals surface area contributed by atoms with Crippen LogP contribution in [0.2, 0.25) is 0 Å². The molecule has 0 bridgehead atoms. The minimum Gasteiger partial charge on any atom is -0.393 e. The van der Waals surface area contributed by atoms with Crippen LogP contribution in [0.15, 0.2) is 0 Å². The number of nitrogens with zero attached hydrogens (tertiary/aromatic N) is 1. The summed E-state index contributed by atoms with van der Waals surface area (Å²) in [5.74, 6) is -1.72. The van der Waals surface area contributed by atoms with Crippen molar-refractivity contribution < 1.29 is 18.3 Å². The summed E-state index contributed by atoms with van der Waals surface area (Å²) in [7, 11) is 0. The molecule has 0 aromatic rings. The van der Waals surface area contributed by atoms with Crippen LogP contribution < -0.4 is 5.32 Å². The van der Waals surface area contributed by atoms with Gasteiger partial charge in [0.15, 0.2) is 5.92 Å². The molecule has 2 N–H and O–H groups in total. The lowest BCUT2D eigenvalue weighted by atomic mass is 10.1. The lowest BCUT2D eigenvalue weighted by Gasteiger charge is -2.15. The zero-order valence-corrected chi connectivity index (χ0v) is 8.80. The maximum Gasteiger partial charge on any atom is 0.405 e. The molecular weight excluding hydrogens is 221 g/mol. The van der Waals surface area contributed by atoms with Crippen LogP contribution in [-0.4, -0.2) is 30.5 Å². The molecule has 0 heterocycles. The van der Waals surface area contributed by atoms with Crippen molar-refractivity contribution in [2.45, 2.75) is 31.5 Å². The largest absolute Gasteiger partial charge is 0.405 e. The predicted molar refractivity (Wildman–Crippen MR) is 51.4 cm³/mol. The average Bonchev–Trinajstić information content (AvgIpc) is 2.57. The van der Waals surface area contributed by atoms with E-state index in [-0.39, 0.29) is 18.6 Å². The van der Waals surface area contributed by atoms with E-state index in [2.05, 4.69) is 5.32 Å². The molecule has 1 aliphatic rings. The molecule has 3 atom stereocenters. The van der Waals surface area contributed by atoms with Gasteiger partial charge in [0, 0.05) is 6.54 Å². The van der Waals surface area contributed by atoms with Crippen molar-refractivity contribution >= 4 is 0 Å². The number of aliphatic hydroxyl groups excluding tert-OH is 1. The number of halogens is 3. The maximum atomic E-state index is 12.2. The Morgan fingerprint density at radius 2 is 2.12 bits per heavy atom. The number of hydrogen-bond acceptors (Lipinski definition) is 3. The molecule has 0 saturated heterocycles. The summed E-state index contributed by atoms with van der Waals surface area (Å²) >= 11 is 0. The Kier molecular flexibility index (Phi) is 4.56. The van der Waals surface area contributed by atoms with Gasteiger partial charge in [0.05, 0.1) is 12.2 Å². The van der Waals surface area contributed by atoms with Crippen LogP contribution in [0.25, 0.3) is 0 Å². The van der Waals surface area contributed by atoms with E-state index in [9.17, 15) is 18.3 Å². The van der Waals surface area contributed by atoms with Crippen LogP contribution in [-0.2, 0) is 0 Å². The molecule has 0 radical (unpaired) electrons. The molecule has 0 amide bonds. The number of hydrogen-bond donors (Lipinski definition) is 2. The van der Waals surface area contributed by atoms with E-state index < -0.39 is 12.1 Å². The molecule has 0 spiro atoms. The van der Waals surface area contributed by atoms with Gasteiger partial charge in [-0.05, 0) is 31.7 Å². The molecular formula is C10H15F3N2O. The fourth-order valence-corrected chi connectivity index (χ4v) is 1.90. The molecule has 6 heteroatoms. The van der Waals surface area contributed by atoms with E-state index in [0.717, 1.165) is 6.42 Å². The van der Waals surface area contributed by atoms with Gasteiger partial charge in [-0.2, -0.15) is 18.4 Å². The smallest absolute Gasteiger partial charge is 0.393 e. The summed E-state index contributed by atoms with van der Waals surface area (Å²) in [5, 5.41) is 20.2. The first kappa shape index (κ1) is 13.3. The van der Waals surface area contributed by atoms with Crippen molar-refractivity contribution in [1.29, 1.82) is 5.26 Å². The Bertz CT molecular complexity index is 262. The second-order valence-electron chi connectivity index (χ2n) is 4.21. The Morgan fingerprint density at radius 1 is 1.44 bits per heavy atom. The van der Waals surface area contributed by atoms with Crippen LogP contribution in [0.5, 0.6) is 0 Å². The molecule has 1 rings (SSSR count). The van der Waals surface area contributed by atoms with Gasteiger partial charge in [0.25, 0.3) is 0 Å². The Balaban J connectivity index is 2.22. The molecule has 1 aliphatic carbocycles. The molecule has 3 unspecified atom stereocenters. The summed E-state index contributed by atoms with van der Waals surface area (Å²) < 4.78 is 36.5. The van der Waals surface area contributed by atoms with Crippen molar-refractivity contribution in [3.63, 3.8) is 0 Å². The molecule has 0 aromatic carbocycles. The number of rotatable bonds is 4. The Morgan fingerprint density at radius 3 is 2.56 bits per heavy atom. The quantitative estimate of drug-likeness (QED) is 0.776. The number of aliphatic hydroxyl groups is 1. The highest BCUT2D eigenvalue weighted by atomic mass is 19.4. The summed E-state index contributed by atoms with van der Waals surface area (Å²) in [6.45, 7) is 0.0674. The van der Waals surface area contributed by atoms with Crippen molar-refractivity contribution in [2.24, 2.45) is 11.8 Å². The summed E-state index contributed by atoms with van der Waals surface area (Å²) in [5.41, 5.74) is 0. The summed E-state index contributed by atoms with van der Waals surface area (Å²) in [6.07, 6.45) is -2.60. The van der Waals surface area contributed by atoms with Gasteiger partial charge in [-0.1, -0.05) is 0 Å². The van der Waals surface area contributed by atoms with E-state index in [1.54, 1.807) is 0 Å². The highest BCUT2D eigenvalue weighted by molar-refractivity contribution is 4.90. The minimum absolute atomic E-state index is 0.225. The third kappa shape index (κ3) is 3.99. The van der Waals surface area contributed by atoms with E-state index in [4.69, 9.17) is 5.26 Å². The lowest BCUT2D eigenvalue weighted by molar-refractivity contribution is -0.157. The van der Waals surface area contributed by atoms with Crippen LogP contribution in [0, 0.1) is 23.2 Å². The van der Waals surface area contributed by atoms with Gasteiger partial charge in [0.2, 0.25) is 0 Å². The average molecular weight is 236 g/mol. The van der Waals surface area contributed by atoms with Crippen LogP contribution in [0.3, 0.4) is 0 Å². The van der Waals surface area contributed by atoms with Crippen molar-refractivity contribution in [3.8, 4) is 6.07 Å². The Labute approximate surface area is 92.3 Å². The van der Waals surface area contributed by atoms with E-state index in [0.29, 0.717) is 19.4 Å². The standard InChI is InChI=1S/C10H15F3N2O/c11-10(12,13)8(4-14)6-15-5-7-1-2-9(16)3-7/h7-9,15-16H,1-3,5-6H2. The topological polar surface area (TPSA) is 56.0 Å². The summed E-state index contributed by atoms with van der Waals surface area (Å²) in [4.78, 5) is 0. The highest BCUT2D eigenvalue weighted by Gasteiger charge is 2.39. The number of nitrogens with one attached hydrogen (secondary N) is 1. The van der Waals surface area contributed by atoms with Crippen molar-refractivity contribution in [3.05, 3.63) is 0 Å². The maximum absolute atomic E-state index is 12.2.